The lowest BCUT2D eigenvalue weighted by atomic mass is 10.1. The molecule has 0 spiro atoms. The number of rotatable bonds is 5. The summed E-state index contributed by atoms with van der Waals surface area (Å²) in [5.41, 5.74) is 3.45. The highest BCUT2D eigenvalue weighted by Crippen LogP contribution is 2.23. The van der Waals surface area contributed by atoms with Gasteiger partial charge in [-0.3, -0.25) is 4.79 Å². The predicted octanol–water partition coefficient (Wildman–Crippen LogP) is 5.40. The Labute approximate surface area is 154 Å². The number of benzene rings is 1. The first-order chi connectivity index (χ1) is 12.1. The average molecular weight is 358 g/mol. The maximum atomic E-state index is 12.5. The minimum absolute atomic E-state index is 0.0647. The van der Waals surface area contributed by atoms with Crippen LogP contribution in [0.3, 0.4) is 0 Å². The van der Waals surface area contributed by atoms with E-state index in [1.165, 1.54) is 48.1 Å². The van der Waals surface area contributed by atoms with Crippen molar-refractivity contribution in [2.24, 2.45) is 0 Å². The van der Waals surface area contributed by atoms with Crippen LogP contribution in [-0.2, 0) is 6.61 Å². The number of amides is 1. The summed E-state index contributed by atoms with van der Waals surface area (Å²) >= 11 is 1.50. The molecule has 0 aliphatic heterocycles. The van der Waals surface area contributed by atoms with Gasteiger partial charge in [-0.05, 0) is 55.3 Å². The fourth-order valence-corrected chi connectivity index (χ4v) is 4.09. The molecule has 0 bridgehead atoms. The molecule has 3 nitrogen and oxygen atoms in total. The largest absolute Gasteiger partial charge is 0.489 e. The molecule has 25 heavy (non-hydrogen) atoms. The third kappa shape index (κ3) is 4.85. The van der Waals surface area contributed by atoms with Gasteiger partial charge in [-0.2, -0.15) is 0 Å². The minimum Gasteiger partial charge on any atom is -0.489 e. The lowest BCUT2D eigenvalue weighted by Crippen LogP contribution is -2.33. The molecule has 4 heteroatoms. The van der Waals surface area contributed by atoms with Gasteiger partial charge in [0.1, 0.15) is 12.4 Å². The van der Waals surface area contributed by atoms with E-state index in [1.54, 1.807) is 0 Å². The summed E-state index contributed by atoms with van der Waals surface area (Å²) in [6, 6.07) is 8.39. The Morgan fingerprint density at radius 3 is 2.72 bits per heavy atom. The molecule has 0 saturated heterocycles. The van der Waals surface area contributed by atoms with Gasteiger partial charge in [0.25, 0.3) is 5.91 Å². The van der Waals surface area contributed by atoms with Crippen LogP contribution in [0.1, 0.15) is 64.9 Å². The standard InChI is InChI=1S/C21H27NO2S/c1-15-8-7-11-19(16(15)2)24-13-17-12-20(25-14-17)21(23)22-18-9-5-3-4-6-10-18/h7-8,11-12,14,18H,3-6,9-10,13H2,1-2H3,(H,22,23). The molecule has 1 heterocycles. The number of thiophene rings is 1. The SMILES string of the molecule is Cc1cccc(OCc2csc(C(=O)NC3CCCCCC3)c2)c1C. The van der Waals surface area contributed by atoms with Crippen LogP contribution >= 0.6 is 11.3 Å². The van der Waals surface area contributed by atoms with Gasteiger partial charge in [-0.15, -0.1) is 11.3 Å². The molecule has 3 rings (SSSR count). The number of hydrogen-bond acceptors (Lipinski definition) is 3. The maximum Gasteiger partial charge on any atom is 0.261 e. The average Bonchev–Trinajstić information content (AvgIpc) is 2.94. The van der Waals surface area contributed by atoms with E-state index in [1.807, 2.05) is 23.6 Å². The number of nitrogens with one attached hydrogen (secondary N) is 1. The zero-order valence-electron chi connectivity index (χ0n) is 15.1. The fraction of sp³-hybridized carbons (Fsp3) is 0.476. The van der Waals surface area contributed by atoms with E-state index in [0.717, 1.165) is 29.0 Å². The van der Waals surface area contributed by atoms with E-state index in [4.69, 9.17) is 4.74 Å². The number of carbonyl (C=O) groups is 1. The summed E-state index contributed by atoms with van der Waals surface area (Å²) in [6.45, 7) is 4.66. The van der Waals surface area contributed by atoms with Crippen molar-refractivity contribution in [3.8, 4) is 5.75 Å². The van der Waals surface area contributed by atoms with E-state index >= 15 is 0 Å². The first-order valence-electron chi connectivity index (χ1n) is 9.21. The molecule has 1 amide bonds. The normalized spacial score (nSPS) is 15.6. The van der Waals surface area contributed by atoms with Crippen molar-refractivity contribution in [1.82, 2.24) is 5.32 Å². The number of aryl methyl sites for hydroxylation is 1. The molecular weight excluding hydrogens is 330 g/mol. The highest BCUT2D eigenvalue weighted by molar-refractivity contribution is 7.12. The molecule has 1 aromatic carbocycles. The van der Waals surface area contributed by atoms with E-state index < -0.39 is 0 Å². The summed E-state index contributed by atoms with van der Waals surface area (Å²) in [5.74, 6) is 0.977. The second-order valence-electron chi connectivity index (χ2n) is 6.97. The van der Waals surface area contributed by atoms with Crippen LogP contribution in [-0.4, -0.2) is 11.9 Å². The van der Waals surface area contributed by atoms with Crippen molar-refractivity contribution in [3.63, 3.8) is 0 Å². The van der Waals surface area contributed by atoms with Gasteiger partial charge >= 0.3 is 0 Å². The van der Waals surface area contributed by atoms with E-state index in [2.05, 4.69) is 25.2 Å². The Morgan fingerprint density at radius 1 is 1.20 bits per heavy atom. The molecule has 0 atom stereocenters. The second-order valence-corrected chi connectivity index (χ2v) is 7.88. The van der Waals surface area contributed by atoms with Gasteiger partial charge in [-0.1, -0.05) is 37.8 Å². The fourth-order valence-electron chi connectivity index (χ4n) is 3.29. The molecule has 0 unspecified atom stereocenters. The highest BCUT2D eigenvalue weighted by Gasteiger charge is 2.17. The minimum atomic E-state index is 0.0647. The predicted molar refractivity (Wildman–Crippen MR) is 104 cm³/mol. The lowest BCUT2D eigenvalue weighted by molar-refractivity contribution is 0.0937. The zero-order chi connectivity index (χ0) is 17.6. The number of hydrogen-bond donors (Lipinski definition) is 1. The summed E-state index contributed by atoms with van der Waals surface area (Å²) in [6.07, 6.45) is 7.27. The molecule has 1 aliphatic rings. The van der Waals surface area contributed by atoms with Gasteiger partial charge in [0.2, 0.25) is 0 Å². The van der Waals surface area contributed by atoms with Crippen LogP contribution in [0.2, 0.25) is 0 Å². The van der Waals surface area contributed by atoms with Crippen LogP contribution in [0, 0.1) is 13.8 Å². The summed E-state index contributed by atoms with van der Waals surface area (Å²) in [5, 5.41) is 5.23. The van der Waals surface area contributed by atoms with Gasteiger partial charge < -0.3 is 10.1 Å². The van der Waals surface area contributed by atoms with Gasteiger partial charge in [0.05, 0.1) is 4.88 Å². The first kappa shape index (κ1) is 18.0. The Hall–Kier alpha value is -1.81. The first-order valence-corrected chi connectivity index (χ1v) is 10.1. The summed E-state index contributed by atoms with van der Waals surface area (Å²) in [7, 11) is 0. The van der Waals surface area contributed by atoms with Crippen LogP contribution in [0.5, 0.6) is 5.75 Å². The molecule has 1 N–H and O–H groups in total. The quantitative estimate of drug-likeness (QED) is 0.728. The molecule has 2 aromatic rings. The van der Waals surface area contributed by atoms with Crippen molar-refractivity contribution >= 4 is 17.2 Å². The molecule has 134 valence electrons. The second kappa shape index (κ2) is 8.52. The Balaban J connectivity index is 1.56. The molecule has 1 aliphatic carbocycles. The topological polar surface area (TPSA) is 38.3 Å². The third-order valence-corrected chi connectivity index (χ3v) is 5.99. The van der Waals surface area contributed by atoms with E-state index in [9.17, 15) is 4.79 Å². The highest BCUT2D eigenvalue weighted by atomic mass is 32.1. The molecule has 1 aromatic heterocycles. The van der Waals surface area contributed by atoms with Crippen molar-refractivity contribution in [1.29, 1.82) is 0 Å². The van der Waals surface area contributed by atoms with Crippen LogP contribution in [0.4, 0.5) is 0 Å². The Kier molecular flexibility index (Phi) is 6.14. The van der Waals surface area contributed by atoms with Gasteiger partial charge in [0, 0.05) is 11.6 Å². The van der Waals surface area contributed by atoms with Crippen LogP contribution < -0.4 is 10.1 Å². The number of ether oxygens (including phenoxy) is 1. The monoisotopic (exact) mass is 357 g/mol. The Bertz CT molecular complexity index is 714. The molecule has 1 fully saturated rings. The van der Waals surface area contributed by atoms with Crippen molar-refractivity contribution < 1.29 is 9.53 Å². The summed E-state index contributed by atoms with van der Waals surface area (Å²) in [4.78, 5) is 13.3. The lowest BCUT2D eigenvalue weighted by Gasteiger charge is -2.15. The zero-order valence-corrected chi connectivity index (χ0v) is 16.0. The number of carbonyl (C=O) groups excluding carboxylic acids is 1. The molecular formula is C21H27NO2S. The van der Waals surface area contributed by atoms with E-state index in [-0.39, 0.29) is 5.91 Å². The molecule has 1 saturated carbocycles. The van der Waals surface area contributed by atoms with Crippen molar-refractivity contribution in [2.45, 2.75) is 65.0 Å². The molecule has 0 radical (unpaired) electrons. The summed E-state index contributed by atoms with van der Waals surface area (Å²) < 4.78 is 5.94. The van der Waals surface area contributed by atoms with Crippen LogP contribution in [0.25, 0.3) is 0 Å². The van der Waals surface area contributed by atoms with E-state index in [0.29, 0.717) is 12.6 Å². The van der Waals surface area contributed by atoms with Crippen LogP contribution in [0.15, 0.2) is 29.6 Å². The smallest absolute Gasteiger partial charge is 0.261 e. The van der Waals surface area contributed by atoms with Crippen molar-refractivity contribution in [3.05, 3.63) is 51.2 Å². The maximum absolute atomic E-state index is 12.5. The Morgan fingerprint density at radius 2 is 1.96 bits per heavy atom. The van der Waals surface area contributed by atoms with Gasteiger partial charge in [0.15, 0.2) is 0 Å². The third-order valence-electron chi connectivity index (χ3n) is 5.02. The van der Waals surface area contributed by atoms with Crippen molar-refractivity contribution in [2.75, 3.05) is 0 Å². The van der Waals surface area contributed by atoms with Gasteiger partial charge in [-0.25, -0.2) is 0 Å².